The number of hydrogen-bond donors (Lipinski definition) is 1. The van der Waals surface area contributed by atoms with Crippen LogP contribution < -0.4 is 5.32 Å². The Morgan fingerprint density at radius 2 is 2.18 bits per heavy atom. The van der Waals surface area contributed by atoms with Gasteiger partial charge in [0.05, 0.1) is 11.4 Å². The lowest BCUT2D eigenvalue weighted by Crippen LogP contribution is -2.35. The van der Waals surface area contributed by atoms with E-state index in [9.17, 15) is 9.18 Å². The van der Waals surface area contributed by atoms with E-state index in [4.69, 9.17) is 4.74 Å². The summed E-state index contributed by atoms with van der Waals surface area (Å²) >= 11 is 0. The Balaban J connectivity index is 1.51. The zero-order chi connectivity index (χ0) is 15.4. The van der Waals surface area contributed by atoms with Crippen LogP contribution in [0.4, 0.5) is 4.39 Å². The predicted octanol–water partition coefficient (Wildman–Crippen LogP) is 1.85. The number of nitrogens with zero attached hydrogens (tertiary/aromatic N) is 2. The molecule has 0 radical (unpaired) electrons. The molecule has 1 aliphatic rings. The third-order valence-corrected chi connectivity index (χ3v) is 3.64. The lowest BCUT2D eigenvalue weighted by molar-refractivity contribution is -0.129. The molecule has 0 bridgehead atoms. The predicted molar refractivity (Wildman–Crippen MR) is 79.2 cm³/mol. The van der Waals surface area contributed by atoms with Gasteiger partial charge in [0.25, 0.3) is 0 Å². The van der Waals surface area contributed by atoms with Gasteiger partial charge in [-0.3, -0.25) is 4.79 Å². The van der Waals surface area contributed by atoms with E-state index in [1.807, 2.05) is 12.3 Å². The van der Waals surface area contributed by atoms with Crippen molar-refractivity contribution >= 4 is 5.91 Å². The molecule has 116 valence electrons. The average Bonchev–Trinajstić information content (AvgIpc) is 3.19. The van der Waals surface area contributed by atoms with E-state index in [2.05, 4.69) is 10.4 Å². The zero-order valence-electron chi connectivity index (χ0n) is 12.2. The Morgan fingerprint density at radius 3 is 2.91 bits per heavy atom. The van der Waals surface area contributed by atoms with E-state index in [1.165, 1.54) is 12.1 Å². The molecular weight excluding hydrogens is 285 g/mol. The van der Waals surface area contributed by atoms with Crippen LogP contribution in [0, 0.1) is 5.82 Å². The largest absolute Gasteiger partial charge is 0.368 e. The first-order valence-electron chi connectivity index (χ1n) is 7.42. The number of halogens is 1. The minimum Gasteiger partial charge on any atom is -0.368 e. The average molecular weight is 303 g/mol. The van der Waals surface area contributed by atoms with Gasteiger partial charge in [0.15, 0.2) is 0 Å². The Labute approximate surface area is 128 Å². The molecule has 5 nitrogen and oxygen atoms in total. The quantitative estimate of drug-likeness (QED) is 0.917. The van der Waals surface area contributed by atoms with E-state index in [-0.39, 0.29) is 17.8 Å². The lowest BCUT2D eigenvalue weighted by Gasteiger charge is -2.09. The summed E-state index contributed by atoms with van der Waals surface area (Å²) in [7, 11) is 0. The maximum Gasteiger partial charge on any atom is 0.249 e. The van der Waals surface area contributed by atoms with Crippen molar-refractivity contribution in [3.05, 3.63) is 48.0 Å². The van der Waals surface area contributed by atoms with Crippen LogP contribution in [0.5, 0.6) is 0 Å². The fraction of sp³-hybridized carbons (Fsp3) is 0.375. The summed E-state index contributed by atoms with van der Waals surface area (Å²) in [5, 5.41) is 7.28. The molecule has 1 N–H and O–H groups in total. The van der Waals surface area contributed by atoms with Gasteiger partial charge in [-0.15, -0.1) is 0 Å². The molecule has 1 atom stereocenters. The maximum atomic E-state index is 12.9. The van der Waals surface area contributed by atoms with E-state index in [0.717, 1.165) is 24.2 Å². The fourth-order valence-corrected chi connectivity index (χ4v) is 2.44. The van der Waals surface area contributed by atoms with Gasteiger partial charge in [-0.05, 0) is 43.2 Å². The van der Waals surface area contributed by atoms with Crippen molar-refractivity contribution < 1.29 is 13.9 Å². The summed E-state index contributed by atoms with van der Waals surface area (Å²) in [6.45, 7) is 1.19. The van der Waals surface area contributed by atoms with Crippen LogP contribution in [0.25, 0.3) is 5.69 Å². The van der Waals surface area contributed by atoms with Gasteiger partial charge >= 0.3 is 0 Å². The summed E-state index contributed by atoms with van der Waals surface area (Å²) < 4.78 is 19.9. The van der Waals surface area contributed by atoms with Crippen molar-refractivity contribution in [1.29, 1.82) is 0 Å². The number of benzene rings is 1. The molecule has 1 unspecified atom stereocenters. The van der Waals surface area contributed by atoms with Crippen LogP contribution in [-0.4, -0.2) is 34.9 Å². The number of aromatic nitrogens is 2. The highest BCUT2D eigenvalue weighted by molar-refractivity contribution is 5.80. The maximum absolute atomic E-state index is 12.9. The van der Waals surface area contributed by atoms with Gasteiger partial charge in [0, 0.05) is 25.8 Å². The SMILES string of the molecule is O=C(NCCc1ccn(-c2ccc(F)cc2)n1)C1CCCO1. The molecular formula is C16H18FN3O2. The Bertz CT molecular complexity index is 633. The van der Waals surface area contributed by atoms with Crippen molar-refractivity contribution in [1.82, 2.24) is 15.1 Å². The van der Waals surface area contributed by atoms with Gasteiger partial charge < -0.3 is 10.1 Å². The molecule has 22 heavy (non-hydrogen) atoms. The highest BCUT2D eigenvalue weighted by Gasteiger charge is 2.22. The van der Waals surface area contributed by atoms with E-state index < -0.39 is 0 Å². The Morgan fingerprint density at radius 1 is 1.36 bits per heavy atom. The molecule has 1 amide bonds. The van der Waals surface area contributed by atoms with Crippen LogP contribution in [0.15, 0.2) is 36.5 Å². The zero-order valence-corrected chi connectivity index (χ0v) is 12.2. The number of ether oxygens (including phenoxy) is 1. The molecule has 1 aromatic carbocycles. The monoisotopic (exact) mass is 303 g/mol. The highest BCUT2D eigenvalue weighted by atomic mass is 19.1. The Kier molecular flexibility index (Phi) is 4.48. The van der Waals surface area contributed by atoms with Crippen LogP contribution >= 0.6 is 0 Å². The van der Waals surface area contributed by atoms with Crippen LogP contribution in [0.2, 0.25) is 0 Å². The minimum atomic E-state index is -0.295. The molecule has 2 heterocycles. The first kappa shape index (κ1) is 14.7. The number of carbonyl (C=O) groups excluding carboxylic acids is 1. The van der Waals surface area contributed by atoms with Crippen LogP contribution in [-0.2, 0) is 16.0 Å². The summed E-state index contributed by atoms with van der Waals surface area (Å²) in [4.78, 5) is 11.8. The standard InChI is InChI=1S/C16H18FN3O2/c17-12-3-5-14(6-4-12)20-10-8-13(19-20)7-9-18-16(21)15-2-1-11-22-15/h3-6,8,10,15H,1-2,7,9,11H2,(H,18,21). The van der Waals surface area contributed by atoms with Gasteiger partial charge in [-0.25, -0.2) is 9.07 Å². The summed E-state index contributed by atoms with van der Waals surface area (Å²) in [5.41, 5.74) is 1.67. The fourth-order valence-electron chi connectivity index (χ4n) is 2.44. The molecule has 1 saturated heterocycles. The van der Waals surface area contributed by atoms with Crippen LogP contribution in [0.1, 0.15) is 18.5 Å². The second-order valence-corrected chi connectivity index (χ2v) is 5.27. The first-order chi connectivity index (χ1) is 10.7. The summed E-state index contributed by atoms with van der Waals surface area (Å²) in [6, 6.07) is 8.04. The molecule has 2 aromatic rings. The van der Waals surface area contributed by atoms with E-state index in [0.29, 0.717) is 19.6 Å². The highest BCUT2D eigenvalue weighted by Crippen LogP contribution is 2.12. The first-order valence-corrected chi connectivity index (χ1v) is 7.42. The van der Waals surface area contributed by atoms with Gasteiger partial charge in [0.1, 0.15) is 11.9 Å². The second-order valence-electron chi connectivity index (χ2n) is 5.27. The third kappa shape index (κ3) is 3.51. The Hall–Kier alpha value is -2.21. The molecule has 1 aliphatic heterocycles. The minimum absolute atomic E-state index is 0.0459. The molecule has 3 rings (SSSR count). The molecule has 1 fully saturated rings. The number of rotatable bonds is 5. The van der Waals surface area contributed by atoms with E-state index >= 15 is 0 Å². The van der Waals surface area contributed by atoms with Crippen molar-refractivity contribution in [3.63, 3.8) is 0 Å². The number of hydrogen-bond acceptors (Lipinski definition) is 3. The van der Waals surface area contributed by atoms with Gasteiger partial charge in [0.2, 0.25) is 5.91 Å². The normalized spacial score (nSPS) is 17.6. The van der Waals surface area contributed by atoms with Crippen molar-refractivity contribution in [2.75, 3.05) is 13.2 Å². The van der Waals surface area contributed by atoms with Crippen molar-refractivity contribution in [2.24, 2.45) is 0 Å². The van der Waals surface area contributed by atoms with Crippen LogP contribution in [0.3, 0.4) is 0 Å². The van der Waals surface area contributed by atoms with Gasteiger partial charge in [-0.1, -0.05) is 0 Å². The molecule has 1 aromatic heterocycles. The molecule has 0 saturated carbocycles. The smallest absolute Gasteiger partial charge is 0.249 e. The van der Waals surface area contributed by atoms with Crippen molar-refractivity contribution in [2.45, 2.75) is 25.4 Å². The number of carbonyl (C=O) groups is 1. The second kappa shape index (κ2) is 6.70. The third-order valence-electron chi connectivity index (χ3n) is 3.64. The lowest BCUT2D eigenvalue weighted by atomic mass is 10.2. The van der Waals surface area contributed by atoms with Gasteiger partial charge in [-0.2, -0.15) is 5.10 Å². The van der Waals surface area contributed by atoms with E-state index in [1.54, 1.807) is 16.8 Å². The van der Waals surface area contributed by atoms with Crippen molar-refractivity contribution in [3.8, 4) is 5.69 Å². The molecule has 0 spiro atoms. The summed E-state index contributed by atoms with van der Waals surface area (Å²) in [6.07, 6.45) is 3.92. The molecule has 0 aliphatic carbocycles. The number of nitrogens with one attached hydrogen (secondary N) is 1. The molecule has 6 heteroatoms. The summed E-state index contributed by atoms with van der Waals surface area (Å²) in [5.74, 6) is -0.316. The topological polar surface area (TPSA) is 56.2 Å². The number of amides is 1.